The first kappa shape index (κ1) is 15.8. The number of rotatable bonds is 5. The van der Waals surface area contributed by atoms with Crippen LogP contribution in [-0.2, 0) is 11.3 Å². The highest BCUT2D eigenvalue weighted by molar-refractivity contribution is 5.78. The first-order chi connectivity index (χ1) is 10.2. The Hall–Kier alpha value is -1.59. The molecule has 0 saturated carbocycles. The van der Waals surface area contributed by atoms with Gasteiger partial charge >= 0.3 is 0 Å². The predicted molar refractivity (Wildman–Crippen MR) is 80.9 cm³/mol. The van der Waals surface area contributed by atoms with Crippen molar-refractivity contribution in [2.75, 3.05) is 19.8 Å². The second-order valence-electron chi connectivity index (χ2n) is 5.41. The highest BCUT2D eigenvalue weighted by Gasteiger charge is 2.24. The van der Waals surface area contributed by atoms with Crippen LogP contribution in [0.25, 0.3) is 0 Å². The minimum atomic E-state index is -0.0665. The van der Waals surface area contributed by atoms with E-state index in [4.69, 9.17) is 10.5 Å². The molecule has 0 aliphatic carbocycles. The molecule has 0 bridgehead atoms. The van der Waals surface area contributed by atoms with Gasteiger partial charge in [0.2, 0.25) is 0 Å². The van der Waals surface area contributed by atoms with Crippen LogP contribution in [0, 0.1) is 0 Å². The fourth-order valence-electron chi connectivity index (χ4n) is 2.65. The molecule has 0 radical (unpaired) electrons. The third-order valence-electron chi connectivity index (χ3n) is 3.93. The molecular weight excluding hydrogens is 268 g/mol. The molecule has 1 unspecified atom stereocenters. The number of aliphatic hydroxyl groups is 1. The number of ether oxygens (including phenoxy) is 1. The summed E-state index contributed by atoms with van der Waals surface area (Å²) in [5.74, 6) is 0.606. The lowest BCUT2D eigenvalue weighted by molar-refractivity contribution is -0.136. The topological polar surface area (TPSA) is 75.8 Å². The number of nitrogens with zero attached hydrogens (tertiary/aromatic N) is 1. The lowest BCUT2D eigenvalue weighted by Crippen LogP contribution is -2.44. The van der Waals surface area contributed by atoms with Crippen molar-refractivity contribution in [1.29, 1.82) is 0 Å². The number of nitrogens with two attached hydrogens (primary N) is 1. The minimum absolute atomic E-state index is 0.0124. The number of amides is 1. The van der Waals surface area contributed by atoms with Crippen molar-refractivity contribution in [2.45, 2.75) is 38.3 Å². The second-order valence-corrected chi connectivity index (χ2v) is 5.41. The minimum Gasteiger partial charge on any atom is -0.484 e. The molecule has 5 heteroatoms. The summed E-state index contributed by atoms with van der Waals surface area (Å²) < 4.78 is 5.54. The zero-order valence-electron chi connectivity index (χ0n) is 12.3. The van der Waals surface area contributed by atoms with E-state index in [0.29, 0.717) is 18.8 Å². The van der Waals surface area contributed by atoms with Crippen LogP contribution in [0.4, 0.5) is 0 Å². The van der Waals surface area contributed by atoms with Gasteiger partial charge < -0.3 is 20.5 Å². The van der Waals surface area contributed by atoms with Crippen molar-refractivity contribution in [3.8, 4) is 5.75 Å². The summed E-state index contributed by atoms with van der Waals surface area (Å²) in [7, 11) is 0. The van der Waals surface area contributed by atoms with Gasteiger partial charge in [0.05, 0.1) is 12.6 Å². The van der Waals surface area contributed by atoms with Gasteiger partial charge in [-0.1, -0.05) is 25.0 Å². The zero-order valence-corrected chi connectivity index (χ0v) is 12.3. The van der Waals surface area contributed by atoms with E-state index in [-0.39, 0.29) is 25.2 Å². The van der Waals surface area contributed by atoms with Crippen LogP contribution < -0.4 is 10.5 Å². The molecule has 1 saturated heterocycles. The lowest BCUT2D eigenvalue weighted by atomic mass is 10.1. The van der Waals surface area contributed by atoms with Gasteiger partial charge in [-0.15, -0.1) is 0 Å². The molecule has 1 aliphatic rings. The predicted octanol–water partition coefficient (Wildman–Crippen LogP) is 1.29. The Kier molecular flexibility index (Phi) is 6.02. The summed E-state index contributed by atoms with van der Waals surface area (Å²) >= 11 is 0. The number of aliphatic hydroxyl groups excluding tert-OH is 1. The third kappa shape index (κ3) is 4.44. The molecular formula is C16H24N2O3. The molecule has 1 aromatic carbocycles. The molecule has 0 spiro atoms. The number of likely N-dealkylation sites (tertiary alicyclic amines) is 1. The molecule has 2 rings (SSSR count). The summed E-state index contributed by atoms with van der Waals surface area (Å²) in [6.07, 6.45) is 4.04. The quantitative estimate of drug-likeness (QED) is 0.857. The van der Waals surface area contributed by atoms with Crippen LogP contribution in [0.2, 0.25) is 0 Å². The summed E-state index contributed by atoms with van der Waals surface area (Å²) in [5.41, 5.74) is 6.57. The van der Waals surface area contributed by atoms with Crippen molar-refractivity contribution >= 4 is 5.91 Å². The van der Waals surface area contributed by atoms with Crippen LogP contribution >= 0.6 is 0 Å². The Balaban J connectivity index is 1.89. The largest absolute Gasteiger partial charge is 0.484 e. The van der Waals surface area contributed by atoms with E-state index in [1.807, 2.05) is 24.3 Å². The van der Waals surface area contributed by atoms with Crippen LogP contribution in [0.3, 0.4) is 0 Å². The van der Waals surface area contributed by atoms with Gasteiger partial charge in [0.25, 0.3) is 5.91 Å². The molecule has 1 aliphatic heterocycles. The molecule has 5 nitrogen and oxygen atoms in total. The first-order valence-electron chi connectivity index (χ1n) is 7.56. The Morgan fingerprint density at radius 3 is 2.71 bits per heavy atom. The van der Waals surface area contributed by atoms with Crippen molar-refractivity contribution in [3.63, 3.8) is 0 Å². The standard InChI is InChI=1S/C16H24N2O3/c17-10-13-5-7-15(8-6-13)21-12-16(20)18-9-3-1-2-4-14(18)11-19/h5-8,14,19H,1-4,9-12,17H2. The number of hydrogen-bond donors (Lipinski definition) is 2. The summed E-state index contributed by atoms with van der Waals surface area (Å²) in [4.78, 5) is 14.1. The third-order valence-corrected chi connectivity index (χ3v) is 3.93. The van der Waals surface area contributed by atoms with Crippen molar-refractivity contribution < 1.29 is 14.6 Å². The summed E-state index contributed by atoms with van der Waals surface area (Å²) in [6, 6.07) is 7.36. The molecule has 21 heavy (non-hydrogen) atoms. The Labute approximate surface area is 125 Å². The van der Waals surface area contributed by atoms with E-state index in [1.165, 1.54) is 0 Å². The zero-order chi connectivity index (χ0) is 15.1. The highest BCUT2D eigenvalue weighted by atomic mass is 16.5. The molecule has 0 aromatic heterocycles. The summed E-state index contributed by atoms with van der Waals surface area (Å²) in [5, 5.41) is 9.43. The van der Waals surface area contributed by atoms with E-state index in [0.717, 1.165) is 31.2 Å². The average molecular weight is 292 g/mol. The molecule has 1 fully saturated rings. The Morgan fingerprint density at radius 1 is 1.29 bits per heavy atom. The van der Waals surface area contributed by atoms with Gasteiger partial charge in [0.1, 0.15) is 5.75 Å². The fourth-order valence-corrected chi connectivity index (χ4v) is 2.65. The number of carbonyl (C=O) groups excluding carboxylic acids is 1. The number of benzene rings is 1. The van der Waals surface area contributed by atoms with E-state index in [1.54, 1.807) is 4.90 Å². The van der Waals surface area contributed by atoms with E-state index in [9.17, 15) is 9.90 Å². The Bertz CT molecular complexity index is 447. The molecule has 1 heterocycles. The molecule has 1 atom stereocenters. The van der Waals surface area contributed by atoms with Gasteiger partial charge in [-0.05, 0) is 30.5 Å². The SMILES string of the molecule is NCc1ccc(OCC(=O)N2CCCCCC2CO)cc1. The molecule has 1 aromatic rings. The summed E-state index contributed by atoms with van der Waals surface area (Å²) in [6.45, 7) is 1.24. The number of carbonyl (C=O) groups is 1. The van der Waals surface area contributed by atoms with E-state index < -0.39 is 0 Å². The van der Waals surface area contributed by atoms with Crippen LogP contribution in [0.15, 0.2) is 24.3 Å². The molecule has 1 amide bonds. The maximum atomic E-state index is 12.3. The van der Waals surface area contributed by atoms with E-state index in [2.05, 4.69) is 0 Å². The van der Waals surface area contributed by atoms with Gasteiger partial charge in [-0.25, -0.2) is 0 Å². The van der Waals surface area contributed by atoms with Gasteiger partial charge in [0, 0.05) is 13.1 Å². The monoisotopic (exact) mass is 292 g/mol. The molecule has 3 N–H and O–H groups in total. The van der Waals surface area contributed by atoms with Crippen LogP contribution in [-0.4, -0.2) is 41.7 Å². The highest BCUT2D eigenvalue weighted by Crippen LogP contribution is 2.17. The van der Waals surface area contributed by atoms with Crippen molar-refractivity contribution in [1.82, 2.24) is 4.90 Å². The lowest BCUT2D eigenvalue weighted by Gasteiger charge is -2.28. The first-order valence-corrected chi connectivity index (χ1v) is 7.56. The normalized spacial score (nSPS) is 19.1. The van der Waals surface area contributed by atoms with Gasteiger partial charge in [-0.3, -0.25) is 4.79 Å². The molecule has 116 valence electrons. The number of hydrogen-bond acceptors (Lipinski definition) is 4. The van der Waals surface area contributed by atoms with Crippen molar-refractivity contribution in [3.05, 3.63) is 29.8 Å². The van der Waals surface area contributed by atoms with Gasteiger partial charge in [-0.2, -0.15) is 0 Å². The maximum Gasteiger partial charge on any atom is 0.260 e. The maximum absolute atomic E-state index is 12.3. The van der Waals surface area contributed by atoms with Crippen LogP contribution in [0.5, 0.6) is 5.75 Å². The average Bonchev–Trinajstić information content (AvgIpc) is 2.78. The smallest absolute Gasteiger partial charge is 0.260 e. The second kappa shape index (κ2) is 8.00. The van der Waals surface area contributed by atoms with E-state index >= 15 is 0 Å². The van der Waals surface area contributed by atoms with Gasteiger partial charge in [0.15, 0.2) is 6.61 Å². The van der Waals surface area contributed by atoms with Crippen molar-refractivity contribution in [2.24, 2.45) is 5.73 Å². The Morgan fingerprint density at radius 2 is 2.05 bits per heavy atom. The van der Waals surface area contributed by atoms with Crippen LogP contribution in [0.1, 0.15) is 31.2 Å². The fraction of sp³-hybridized carbons (Fsp3) is 0.562.